The van der Waals surface area contributed by atoms with Crippen LogP contribution in [-0.4, -0.2) is 51.5 Å². The van der Waals surface area contributed by atoms with Crippen LogP contribution in [0.5, 0.6) is 0 Å². The Balaban J connectivity index is 0.00000363. The summed E-state index contributed by atoms with van der Waals surface area (Å²) in [7, 11) is -3.42. The van der Waals surface area contributed by atoms with E-state index in [2.05, 4.69) is 15.6 Å². The number of sulfonamides is 1. The molecule has 1 heterocycles. The SMILES string of the molecule is CCNC(=NCc1ccccc1F)NCc1ccccc1CS(=O)(=O)N1CCOCC1.I. The number of halogens is 2. The van der Waals surface area contributed by atoms with Crippen LogP contribution >= 0.6 is 24.0 Å². The van der Waals surface area contributed by atoms with E-state index in [-0.39, 0.29) is 42.1 Å². The summed E-state index contributed by atoms with van der Waals surface area (Å²) in [5, 5.41) is 6.36. The normalized spacial score (nSPS) is 15.1. The van der Waals surface area contributed by atoms with Gasteiger partial charge in [-0.05, 0) is 24.1 Å². The van der Waals surface area contributed by atoms with Crippen molar-refractivity contribution in [1.82, 2.24) is 14.9 Å². The van der Waals surface area contributed by atoms with Gasteiger partial charge in [0, 0.05) is 31.7 Å². The molecule has 0 aliphatic carbocycles. The van der Waals surface area contributed by atoms with Crippen LogP contribution in [-0.2, 0) is 33.6 Å². The molecule has 1 saturated heterocycles. The minimum absolute atomic E-state index is 0. The molecule has 1 aliphatic rings. The number of benzene rings is 2. The second-order valence-corrected chi connectivity index (χ2v) is 9.15. The summed E-state index contributed by atoms with van der Waals surface area (Å²) in [5.41, 5.74) is 2.12. The smallest absolute Gasteiger partial charge is 0.218 e. The Morgan fingerprint density at radius 2 is 1.66 bits per heavy atom. The lowest BCUT2D eigenvalue weighted by molar-refractivity contribution is 0.0729. The van der Waals surface area contributed by atoms with Crippen molar-refractivity contribution in [2.24, 2.45) is 4.99 Å². The maximum absolute atomic E-state index is 13.9. The van der Waals surface area contributed by atoms with E-state index in [9.17, 15) is 12.8 Å². The summed E-state index contributed by atoms with van der Waals surface area (Å²) < 4.78 is 46.2. The van der Waals surface area contributed by atoms with Crippen LogP contribution in [0.4, 0.5) is 4.39 Å². The summed E-state index contributed by atoms with van der Waals surface area (Å²) in [6, 6.07) is 14.0. The van der Waals surface area contributed by atoms with Gasteiger partial charge in [0.1, 0.15) is 5.82 Å². The van der Waals surface area contributed by atoms with Crippen LogP contribution in [0, 0.1) is 5.82 Å². The summed E-state index contributed by atoms with van der Waals surface area (Å²) in [5.74, 6) is 0.186. The molecule has 2 N–H and O–H groups in total. The fourth-order valence-electron chi connectivity index (χ4n) is 3.29. The van der Waals surface area contributed by atoms with Crippen molar-refractivity contribution in [3.05, 3.63) is 71.0 Å². The van der Waals surface area contributed by atoms with Gasteiger partial charge in [-0.3, -0.25) is 0 Å². The number of ether oxygens (including phenoxy) is 1. The number of nitrogens with zero attached hydrogens (tertiary/aromatic N) is 2. The zero-order valence-corrected chi connectivity index (χ0v) is 21.2. The first-order valence-electron chi connectivity index (χ1n) is 10.4. The zero-order valence-electron chi connectivity index (χ0n) is 18.1. The molecule has 0 saturated carbocycles. The number of hydrogen-bond acceptors (Lipinski definition) is 4. The maximum Gasteiger partial charge on any atom is 0.218 e. The van der Waals surface area contributed by atoms with Crippen LogP contribution in [0.1, 0.15) is 23.6 Å². The molecule has 3 rings (SSSR count). The molecule has 0 atom stereocenters. The number of hydrogen-bond donors (Lipinski definition) is 2. The molecule has 1 aliphatic heterocycles. The Morgan fingerprint density at radius 3 is 2.31 bits per heavy atom. The summed E-state index contributed by atoms with van der Waals surface area (Å²) >= 11 is 0. The Hall–Kier alpha value is -1.76. The van der Waals surface area contributed by atoms with Crippen molar-refractivity contribution in [3.8, 4) is 0 Å². The molecule has 0 spiro atoms. The van der Waals surface area contributed by atoms with Crippen molar-refractivity contribution in [1.29, 1.82) is 0 Å². The van der Waals surface area contributed by atoms with Gasteiger partial charge < -0.3 is 15.4 Å². The molecule has 176 valence electrons. The summed E-state index contributed by atoms with van der Waals surface area (Å²) in [6.07, 6.45) is 0. The molecule has 0 unspecified atom stereocenters. The van der Waals surface area contributed by atoms with Crippen molar-refractivity contribution in [2.45, 2.75) is 25.8 Å². The van der Waals surface area contributed by atoms with Crippen LogP contribution in [0.25, 0.3) is 0 Å². The van der Waals surface area contributed by atoms with E-state index in [1.54, 1.807) is 18.2 Å². The van der Waals surface area contributed by atoms with Crippen molar-refractivity contribution in [3.63, 3.8) is 0 Å². The third-order valence-corrected chi connectivity index (χ3v) is 6.80. The van der Waals surface area contributed by atoms with Gasteiger partial charge in [0.2, 0.25) is 10.0 Å². The first kappa shape index (κ1) is 26.5. The maximum atomic E-state index is 13.9. The highest BCUT2D eigenvalue weighted by atomic mass is 127. The van der Waals surface area contributed by atoms with Gasteiger partial charge in [-0.2, -0.15) is 4.31 Å². The first-order chi connectivity index (χ1) is 15.0. The summed E-state index contributed by atoms with van der Waals surface area (Å²) in [4.78, 5) is 4.45. The zero-order chi connectivity index (χ0) is 22.1. The monoisotopic (exact) mass is 576 g/mol. The molecule has 7 nitrogen and oxygen atoms in total. The second kappa shape index (κ2) is 13.1. The molecular weight excluding hydrogens is 546 g/mol. The molecule has 1 fully saturated rings. The van der Waals surface area contributed by atoms with E-state index in [1.807, 2.05) is 31.2 Å². The molecule has 10 heteroatoms. The number of rotatable bonds is 8. The van der Waals surface area contributed by atoms with Gasteiger partial charge in [-0.15, -0.1) is 24.0 Å². The Morgan fingerprint density at radius 1 is 1.03 bits per heavy atom. The van der Waals surface area contributed by atoms with E-state index in [4.69, 9.17) is 4.74 Å². The Bertz CT molecular complexity index is 998. The molecule has 0 aromatic heterocycles. The number of morpholine rings is 1. The lowest BCUT2D eigenvalue weighted by Gasteiger charge is -2.26. The van der Waals surface area contributed by atoms with Crippen LogP contribution in [0.15, 0.2) is 53.5 Å². The van der Waals surface area contributed by atoms with Crippen LogP contribution in [0.2, 0.25) is 0 Å². The summed E-state index contributed by atoms with van der Waals surface area (Å²) in [6.45, 7) is 4.82. The van der Waals surface area contributed by atoms with E-state index in [0.717, 1.165) is 11.1 Å². The molecule has 0 amide bonds. The van der Waals surface area contributed by atoms with Crippen LogP contribution in [0.3, 0.4) is 0 Å². The Kier molecular flexibility index (Phi) is 10.8. The molecule has 2 aromatic carbocycles. The standard InChI is InChI=1S/C22H29FN4O3S.HI/c1-2-24-22(26-16-19-8-5-6-10-21(19)23)25-15-18-7-3-4-9-20(18)17-31(28,29)27-11-13-30-14-12-27;/h3-10H,2,11-17H2,1H3,(H2,24,25,26);1H. The number of guanidine groups is 1. The van der Waals surface area contributed by atoms with E-state index < -0.39 is 10.0 Å². The largest absolute Gasteiger partial charge is 0.379 e. The van der Waals surface area contributed by atoms with Crippen LogP contribution < -0.4 is 10.6 Å². The lowest BCUT2D eigenvalue weighted by atomic mass is 10.1. The number of aliphatic imine (C=N–C) groups is 1. The van der Waals surface area contributed by atoms with E-state index in [0.29, 0.717) is 50.9 Å². The van der Waals surface area contributed by atoms with Gasteiger partial charge >= 0.3 is 0 Å². The minimum atomic E-state index is -3.42. The first-order valence-corrected chi connectivity index (χ1v) is 12.0. The van der Waals surface area contributed by atoms with Gasteiger partial charge in [0.15, 0.2) is 5.96 Å². The minimum Gasteiger partial charge on any atom is -0.379 e. The van der Waals surface area contributed by atoms with Crippen molar-refractivity contribution >= 4 is 40.0 Å². The fraction of sp³-hybridized carbons (Fsp3) is 0.409. The average Bonchev–Trinajstić information content (AvgIpc) is 2.78. The van der Waals surface area contributed by atoms with Gasteiger partial charge in [-0.1, -0.05) is 42.5 Å². The third kappa shape index (κ3) is 7.68. The molecule has 2 aromatic rings. The highest BCUT2D eigenvalue weighted by Crippen LogP contribution is 2.16. The Labute approximate surface area is 206 Å². The average molecular weight is 576 g/mol. The fourth-order valence-corrected chi connectivity index (χ4v) is 4.86. The number of nitrogens with one attached hydrogen (secondary N) is 2. The third-order valence-electron chi connectivity index (χ3n) is 4.98. The predicted octanol–water partition coefficient (Wildman–Crippen LogP) is 2.86. The second-order valence-electron chi connectivity index (χ2n) is 7.18. The predicted molar refractivity (Wildman–Crippen MR) is 135 cm³/mol. The lowest BCUT2D eigenvalue weighted by Crippen LogP contribution is -2.41. The molecule has 32 heavy (non-hydrogen) atoms. The van der Waals surface area contributed by atoms with E-state index in [1.165, 1.54) is 10.4 Å². The molecule has 0 bridgehead atoms. The van der Waals surface area contributed by atoms with E-state index >= 15 is 0 Å². The highest BCUT2D eigenvalue weighted by molar-refractivity contribution is 14.0. The topological polar surface area (TPSA) is 83.0 Å². The highest BCUT2D eigenvalue weighted by Gasteiger charge is 2.25. The molecule has 0 radical (unpaired) electrons. The van der Waals surface area contributed by atoms with Crippen molar-refractivity contribution in [2.75, 3.05) is 32.8 Å². The van der Waals surface area contributed by atoms with Gasteiger partial charge in [0.05, 0.1) is 25.5 Å². The molecular formula is C22H30FIN4O3S. The van der Waals surface area contributed by atoms with Gasteiger partial charge in [-0.25, -0.2) is 17.8 Å². The van der Waals surface area contributed by atoms with Crippen molar-refractivity contribution < 1.29 is 17.5 Å². The van der Waals surface area contributed by atoms with Gasteiger partial charge in [0.25, 0.3) is 0 Å². The quantitative estimate of drug-likeness (QED) is 0.287.